The van der Waals surface area contributed by atoms with Gasteiger partial charge in [-0.25, -0.2) is 4.98 Å². The van der Waals surface area contributed by atoms with Gasteiger partial charge in [-0.1, -0.05) is 66.0 Å². The van der Waals surface area contributed by atoms with Crippen molar-refractivity contribution in [2.45, 2.75) is 19.9 Å². The molecule has 0 radical (unpaired) electrons. The van der Waals surface area contributed by atoms with Gasteiger partial charge in [0.1, 0.15) is 4.83 Å². The molecule has 0 saturated carbocycles. The van der Waals surface area contributed by atoms with E-state index < -0.39 is 0 Å². The Morgan fingerprint density at radius 2 is 1.75 bits per heavy atom. The van der Waals surface area contributed by atoms with Gasteiger partial charge in [-0.05, 0) is 29.7 Å². The molecular formula is C21H15Cl3N2OS. The van der Waals surface area contributed by atoms with E-state index in [4.69, 9.17) is 34.8 Å². The van der Waals surface area contributed by atoms with Crippen LogP contribution in [0.5, 0.6) is 0 Å². The van der Waals surface area contributed by atoms with Crippen LogP contribution in [-0.2, 0) is 13.0 Å². The quantitative estimate of drug-likeness (QED) is 0.325. The number of thiophene rings is 1. The summed E-state index contributed by atoms with van der Waals surface area (Å²) in [6.45, 7) is 2.31. The molecule has 2 heterocycles. The maximum Gasteiger partial charge on any atom is 0.263 e. The second kappa shape index (κ2) is 7.88. The lowest BCUT2D eigenvalue weighted by Gasteiger charge is -2.11. The highest BCUT2D eigenvalue weighted by atomic mass is 35.5. The zero-order valence-corrected chi connectivity index (χ0v) is 18.0. The summed E-state index contributed by atoms with van der Waals surface area (Å²) in [4.78, 5) is 18.4. The van der Waals surface area contributed by atoms with Gasteiger partial charge in [-0.2, -0.15) is 0 Å². The third kappa shape index (κ3) is 3.46. The first-order valence-corrected chi connectivity index (χ1v) is 10.7. The van der Waals surface area contributed by atoms with Crippen molar-refractivity contribution in [3.05, 3.63) is 84.7 Å². The molecule has 28 heavy (non-hydrogen) atoms. The Hall–Kier alpha value is -1.85. The van der Waals surface area contributed by atoms with Crippen molar-refractivity contribution >= 4 is 56.4 Å². The Kier molecular flexibility index (Phi) is 5.48. The van der Waals surface area contributed by atoms with Crippen molar-refractivity contribution in [3.63, 3.8) is 0 Å². The van der Waals surface area contributed by atoms with Gasteiger partial charge in [0.05, 0.1) is 28.3 Å². The van der Waals surface area contributed by atoms with Crippen molar-refractivity contribution in [3.8, 4) is 11.1 Å². The van der Waals surface area contributed by atoms with E-state index in [0.29, 0.717) is 30.8 Å². The summed E-state index contributed by atoms with van der Waals surface area (Å²) in [7, 11) is 0. The zero-order valence-electron chi connectivity index (χ0n) is 14.9. The van der Waals surface area contributed by atoms with E-state index in [1.807, 2.05) is 17.5 Å². The highest BCUT2D eigenvalue weighted by Gasteiger charge is 2.16. The minimum absolute atomic E-state index is 0.132. The zero-order chi connectivity index (χ0) is 19.8. The number of halogens is 3. The van der Waals surface area contributed by atoms with Crippen molar-refractivity contribution in [1.29, 1.82) is 0 Å². The van der Waals surface area contributed by atoms with Gasteiger partial charge in [-0.3, -0.25) is 9.36 Å². The normalized spacial score (nSPS) is 11.3. The average molecular weight is 450 g/mol. The van der Waals surface area contributed by atoms with Crippen LogP contribution in [0.3, 0.4) is 0 Å². The highest BCUT2D eigenvalue weighted by molar-refractivity contribution is 7.17. The lowest BCUT2D eigenvalue weighted by atomic mass is 10.0. The second-order valence-corrected chi connectivity index (χ2v) is 8.43. The predicted molar refractivity (Wildman–Crippen MR) is 119 cm³/mol. The van der Waals surface area contributed by atoms with E-state index >= 15 is 0 Å². The fraction of sp³-hybridized carbons (Fsp3) is 0.143. The van der Waals surface area contributed by atoms with Gasteiger partial charge in [0.15, 0.2) is 0 Å². The number of aromatic nitrogens is 2. The number of rotatable bonds is 4. The Balaban J connectivity index is 1.83. The van der Waals surface area contributed by atoms with E-state index in [2.05, 4.69) is 24.0 Å². The van der Waals surface area contributed by atoms with Gasteiger partial charge in [-0.15, -0.1) is 11.3 Å². The standard InChI is InChI=1S/C21H15Cl3N2OS/c1-2-12-3-5-13(6-4-12)15-10-28-20-18(15)21(27)26(11-25-20)9-14-16(22)7-8-17(23)19(14)24/h3-8,10-11H,2,9H2,1H3. The maximum absolute atomic E-state index is 13.2. The van der Waals surface area contributed by atoms with E-state index in [9.17, 15) is 4.79 Å². The molecule has 4 rings (SSSR count). The van der Waals surface area contributed by atoms with Crippen LogP contribution < -0.4 is 5.56 Å². The lowest BCUT2D eigenvalue weighted by Crippen LogP contribution is -2.21. The monoisotopic (exact) mass is 448 g/mol. The van der Waals surface area contributed by atoms with Crippen LogP contribution in [-0.4, -0.2) is 9.55 Å². The van der Waals surface area contributed by atoms with Crippen molar-refractivity contribution in [1.82, 2.24) is 9.55 Å². The molecule has 0 aliphatic rings. The van der Waals surface area contributed by atoms with Gasteiger partial charge in [0.25, 0.3) is 5.56 Å². The molecule has 142 valence electrons. The van der Waals surface area contributed by atoms with Crippen LogP contribution in [0.1, 0.15) is 18.1 Å². The van der Waals surface area contributed by atoms with Crippen molar-refractivity contribution in [2.24, 2.45) is 0 Å². The number of hydrogen-bond donors (Lipinski definition) is 0. The second-order valence-electron chi connectivity index (χ2n) is 6.38. The van der Waals surface area contributed by atoms with Crippen LogP contribution in [0, 0.1) is 0 Å². The van der Waals surface area contributed by atoms with Crippen LogP contribution in [0.25, 0.3) is 21.3 Å². The number of hydrogen-bond acceptors (Lipinski definition) is 3. The highest BCUT2D eigenvalue weighted by Crippen LogP contribution is 2.33. The van der Waals surface area contributed by atoms with Crippen LogP contribution >= 0.6 is 46.1 Å². The molecule has 0 atom stereocenters. The summed E-state index contributed by atoms with van der Waals surface area (Å²) in [6, 6.07) is 11.6. The topological polar surface area (TPSA) is 34.9 Å². The summed E-state index contributed by atoms with van der Waals surface area (Å²) >= 11 is 20.1. The molecule has 3 nitrogen and oxygen atoms in total. The van der Waals surface area contributed by atoms with Crippen LogP contribution in [0.4, 0.5) is 0 Å². The average Bonchev–Trinajstić information content (AvgIpc) is 3.15. The molecule has 0 unspecified atom stereocenters. The summed E-state index contributed by atoms with van der Waals surface area (Å²) in [5, 5.41) is 3.79. The minimum atomic E-state index is -0.132. The predicted octanol–water partition coefficient (Wildman–Crippen LogP) is 6.70. The molecule has 2 aromatic heterocycles. The van der Waals surface area contributed by atoms with E-state index in [1.54, 1.807) is 12.1 Å². The first kappa shape index (κ1) is 19.5. The van der Waals surface area contributed by atoms with Gasteiger partial charge in [0, 0.05) is 21.5 Å². The summed E-state index contributed by atoms with van der Waals surface area (Å²) in [6.07, 6.45) is 2.50. The molecule has 0 saturated heterocycles. The Morgan fingerprint density at radius 3 is 2.46 bits per heavy atom. The Labute approximate surface area is 181 Å². The number of benzene rings is 2. The van der Waals surface area contributed by atoms with Gasteiger partial charge >= 0.3 is 0 Å². The molecule has 7 heteroatoms. The van der Waals surface area contributed by atoms with E-state index in [-0.39, 0.29) is 12.1 Å². The number of nitrogens with zero attached hydrogens (tertiary/aromatic N) is 2. The smallest absolute Gasteiger partial charge is 0.263 e. The van der Waals surface area contributed by atoms with Gasteiger partial charge in [0.2, 0.25) is 0 Å². The first-order valence-electron chi connectivity index (χ1n) is 8.68. The van der Waals surface area contributed by atoms with E-state index in [0.717, 1.165) is 17.5 Å². The maximum atomic E-state index is 13.2. The molecule has 0 fully saturated rings. The van der Waals surface area contributed by atoms with Crippen molar-refractivity contribution in [2.75, 3.05) is 0 Å². The van der Waals surface area contributed by atoms with Crippen molar-refractivity contribution < 1.29 is 0 Å². The van der Waals surface area contributed by atoms with Crippen LogP contribution in [0.2, 0.25) is 15.1 Å². The molecule has 0 amide bonds. The molecular weight excluding hydrogens is 435 g/mol. The summed E-state index contributed by atoms with van der Waals surface area (Å²) in [5.41, 5.74) is 3.61. The lowest BCUT2D eigenvalue weighted by molar-refractivity contribution is 0.750. The largest absolute Gasteiger partial charge is 0.294 e. The SMILES string of the molecule is CCc1ccc(-c2csc3ncn(Cc4c(Cl)ccc(Cl)c4Cl)c(=O)c23)cc1. The fourth-order valence-corrected chi connectivity index (χ4v) is 4.67. The van der Waals surface area contributed by atoms with Gasteiger partial charge < -0.3 is 0 Å². The molecule has 0 aliphatic heterocycles. The number of fused-ring (bicyclic) bond motifs is 1. The molecule has 2 aromatic carbocycles. The summed E-state index contributed by atoms with van der Waals surface area (Å²) in [5.74, 6) is 0. The van der Waals surface area contributed by atoms with Crippen LogP contribution in [0.15, 0.2) is 52.9 Å². The molecule has 0 spiro atoms. The molecule has 4 aromatic rings. The minimum Gasteiger partial charge on any atom is -0.294 e. The number of aryl methyl sites for hydroxylation is 1. The third-order valence-corrected chi connectivity index (χ3v) is 6.79. The van der Waals surface area contributed by atoms with E-state index in [1.165, 1.54) is 27.8 Å². The Bertz CT molecular complexity index is 1230. The fourth-order valence-electron chi connectivity index (χ4n) is 3.10. The first-order chi connectivity index (χ1) is 13.5. The summed E-state index contributed by atoms with van der Waals surface area (Å²) < 4.78 is 1.52. The molecule has 0 N–H and O–H groups in total. The molecule has 0 aliphatic carbocycles. The Morgan fingerprint density at radius 1 is 1.04 bits per heavy atom. The molecule has 0 bridgehead atoms. The third-order valence-electron chi connectivity index (χ3n) is 4.70.